The van der Waals surface area contributed by atoms with Crippen molar-refractivity contribution in [2.75, 3.05) is 31.5 Å². The van der Waals surface area contributed by atoms with Crippen molar-refractivity contribution in [3.05, 3.63) is 64.7 Å². The van der Waals surface area contributed by atoms with Gasteiger partial charge in [-0.25, -0.2) is 4.79 Å². The molecule has 126 valence electrons. The minimum Gasteiger partial charge on any atom is -0.322 e. The molecule has 1 heterocycles. The summed E-state index contributed by atoms with van der Waals surface area (Å²) in [5, 5.41) is 3.60. The maximum atomic E-state index is 12.4. The molecule has 0 saturated carbocycles. The monoisotopic (exact) mass is 343 g/mol. The van der Waals surface area contributed by atoms with E-state index >= 15 is 0 Å². The van der Waals surface area contributed by atoms with Gasteiger partial charge in [0.2, 0.25) is 0 Å². The number of nitrogens with zero attached hydrogens (tertiary/aromatic N) is 2. The Labute approximate surface area is 148 Å². The molecule has 5 heteroatoms. The van der Waals surface area contributed by atoms with Crippen LogP contribution in [0.3, 0.4) is 0 Å². The van der Waals surface area contributed by atoms with E-state index < -0.39 is 0 Å². The van der Waals surface area contributed by atoms with Gasteiger partial charge in [0, 0.05) is 43.4 Å². The highest BCUT2D eigenvalue weighted by Gasteiger charge is 2.21. The van der Waals surface area contributed by atoms with Crippen molar-refractivity contribution < 1.29 is 4.79 Å². The lowest BCUT2D eigenvalue weighted by Gasteiger charge is -2.34. The van der Waals surface area contributed by atoms with Crippen LogP contribution in [0.25, 0.3) is 0 Å². The van der Waals surface area contributed by atoms with E-state index in [1.54, 1.807) is 6.07 Å². The van der Waals surface area contributed by atoms with Crippen LogP contribution in [0.2, 0.25) is 5.02 Å². The minimum atomic E-state index is -0.0609. The van der Waals surface area contributed by atoms with Gasteiger partial charge in [0.25, 0.3) is 0 Å². The van der Waals surface area contributed by atoms with Crippen molar-refractivity contribution in [1.29, 1.82) is 0 Å². The Morgan fingerprint density at radius 2 is 1.79 bits per heavy atom. The number of carbonyl (C=O) groups excluding carboxylic acids is 1. The van der Waals surface area contributed by atoms with Crippen LogP contribution in [0.5, 0.6) is 0 Å². The predicted octanol–water partition coefficient (Wildman–Crippen LogP) is 4.00. The van der Waals surface area contributed by atoms with Crippen LogP contribution < -0.4 is 5.32 Å². The highest BCUT2D eigenvalue weighted by molar-refractivity contribution is 6.31. The molecule has 2 aromatic carbocycles. The van der Waals surface area contributed by atoms with E-state index in [2.05, 4.69) is 34.5 Å². The average Bonchev–Trinajstić information content (AvgIpc) is 2.60. The fraction of sp³-hybridized carbons (Fsp3) is 0.316. The summed E-state index contributed by atoms with van der Waals surface area (Å²) >= 11 is 6.11. The van der Waals surface area contributed by atoms with Crippen LogP contribution >= 0.6 is 11.6 Å². The molecule has 0 aliphatic carbocycles. The second-order valence-electron chi connectivity index (χ2n) is 6.14. The maximum absolute atomic E-state index is 12.4. The number of anilines is 1. The molecule has 4 nitrogen and oxygen atoms in total. The number of rotatable bonds is 3. The Bertz CT molecular complexity index is 697. The third-order valence-corrected chi connectivity index (χ3v) is 4.74. The van der Waals surface area contributed by atoms with Gasteiger partial charge in [-0.15, -0.1) is 0 Å². The lowest BCUT2D eigenvalue weighted by molar-refractivity contribution is 0.143. The Morgan fingerprint density at radius 1 is 1.08 bits per heavy atom. The van der Waals surface area contributed by atoms with E-state index in [1.165, 1.54) is 5.56 Å². The fourth-order valence-electron chi connectivity index (χ4n) is 2.82. The summed E-state index contributed by atoms with van der Waals surface area (Å²) in [6.07, 6.45) is 0. The van der Waals surface area contributed by atoms with Crippen LogP contribution in [0.1, 0.15) is 11.1 Å². The Kier molecular flexibility index (Phi) is 5.38. The van der Waals surface area contributed by atoms with Gasteiger partial charge in [0.05, 0.1) is 0 Å². The predicted molar refractivity (Wildman–Crippen MR) is 98.5 cm³/mol. The highest BCUT2D eigenvalue weighted by atomic mass is 35.5. The van der Waals surface area contributed by atoms with Crippen molar-refractivity contribution in [1.82, 2.24) is 9.80 Å². The molecule has 0 unspecified atom stereocenters. The SMILES string of the molecule is Cc1ccc(NC(=O)N2CCN(Cc3ccccc3)CC2)cc1Cl. The van der Waals surface area contributed by atoms with Gasteiger partial charge < -0.3 is 10.2 Å². The number of hydrogen-bond acceptors (Lipinski definition) is 2. The standard InChI is InChI=1S/C19H22ClN3O/c1-15-7-8-17(13-18(15)20)21-19(24)23-11-9-22(10-12-23)14-16-5-3-2-4-6-16/h2-8,13H,9-12,14H2,1H3,(H,21,24). The van der Waals surface area contributed by atoms with Gasteiger partial charge in [-0.2, -0.15) is 0 Å². The highest BCUT2D eigenvalue weighted by Crippen LogP contribution is 2.20. The first kappa shape index (κ1) is 16.8. The second-order valence-corrected chi connectivity index (χ2v) is 6.55. The summed E-state index contributed by atoms with van der Waals surface area (Å²) in [4.78, 5) is 16.6. The molecule has 2 aromatic rings. The summed E-state index contributed by atoms with van der Waals surface area (Å²) in [5.74, 6) is 0. The largest absolute Gasteiger partial charge is 0.322 e. The van der Waals surface area contributed by atoms with Crippen molar-refractivity contribution in [2.45, 2.75) is 13.5 Å². The molecule has 1 aliphatic rings. The summed E-state index contributed by atoms with van der Waals surface area (Å²) in [5.41, 5.74) is 3.05. The molecule has 0 spiro atoms. The molecule has 0 radical (unpaired) electrons. The van der Waals surface area contributed by atoms with Gasteiger partial charge in [-0.05, 0) is 30.2 Å². The molecule has 3 rings (SSSR count). The second kappa shape index (κ2) is 7.69. The Hall–Kier alpha value is -2.04. The van der Waals surface area contributed by atoms with Crippen LogP contribution in [0.15, 0.2) is 48.5 Å². The van der Waals surface area contributed by atoms with Gasteiger partial charge in [0.1, 0.15) is 0 Å². The van der Waals surface area contributed by atoms with Crippen LogP contribution in [0, 0.1) is 6.92 Å². The van der Waals surface area contributed by atoms with E-state index in [4.69, 9.17) is 11.6 Å². The van der Waals surface area contributed by atoms with E-state index in [9.17, 15) is 4.79 Å². The zero-order chi connectivity index (χ0) is 16.9. The molecular formula is C19H22ClN3O. The molecule has 0 bridgehead atoms. The number of hydrogen-bond donors (Lipinski definition) is 1. The molecule has 2 amide bonds. The number of carbonyl (C=O) groups is 1. The number of benzene rings is 2. The average molecular weight is 344 g/mol. The van der Waals surface area contributed by atoms with E-state index in [0.29, 0.717) is 5.02 Å². The van der Waals surface area contributed by atoms with Crippen molar-refractivity contribution >= 4 is 23.3 Å². The number of nitrogens with one attached hydrogen (secondary N) is 1. The molecule has 0 aromatic heterocycles. The van der Waals surface area contributed by atoms with Crippen molar-refractivity contribution in [2.24, 2.45) is 0 Å². The van der Waals surface area contributed by atoms with E-state index in [1.807, 2.05) is 30.0 Å². The summed E-state index contributed by atoms with van der Waals surface area (Å²) in [6, 6.07) is 16.0. The van der Waals surface area contributed by atoms with Crippen LogP contribution in [-0.2, 0) is 6.54 Å². The fourth-order valence-corrected chi connectivity index (χ4v) is 3.00. The summed E-state index contributed by atoms with van der Waals surface area (Å²) < 4.78 is 0. The normalized spacial score (nSPS) is 15.3. The molecule has 24 heavy (non-hydrogen) atoms. The lowest BCUT2D eigenvalue weighted by atomic mass is 10.2. The molecular weight excluding hydrogens is 322 g/mol. The third-order valence-electron chi connectivity index (χ3n) is 4.33. The lowest BCUT2D eigenvalue weighted by Crippen LogP contribution is -2.49. The Balaban J connectivity index is 1.50. The molecule has 1 aliphatic heterocycles. The first-order valence-electron chi connectivity index (χ1n) is 8.20. The smallest absolute Gasteiger partial charge is 0.321 e. The van der Waals surface area contributed by atoms with Gasteiger partial charge >= 0.3 is 6.03 Å². The van der Waals surface area contributed by atoms with Gasteiger partial charge in [-0.1, -0.05) is 48.0 Å². The minimum absolute atomic E-state index is 0.0609. The number of piperazine rings is 1. The quantitative estimate of drug-likeness (QED) is 0.914. The Morgan fingerprint density at radius 3 is 2.46 bits per heavy atom. The van der Waals surface area contributed by atoms with Crippen LogP contribution in [-0.4, -0.2) is 42.0 Å². The van der Waals surface area contributed by atoms with Gasteiger partial charge in [-0.3, -0.25) is 4.90 Å². The number of urea groups is 1. The zero-order valence-corrected chi connectivity index (χ0v) is 14.6. The zero-order valence-electron chi connectivity index (χ0n) is 13.8. The van der Waals surface area contributed by atoms with E-state index in [-0.39, 0.29) is 6.03 Å². The summed E-state index contributed by atoms with van der Waals surface area (Å²) in [7, 11) is 0. The molecule has 0 atom stereocenters. The topological polar surface area (TPSA) is 35.6 Å². The summed E-state index contributed by atoms with van der Waals surface area (Å²) in [6.45, 7) is 6.12. The van der Waals surface area contributed by atoms with Crippen molar-refractivity contribution in [3.63, 3.8) is 0 Å². The van der Waals surface area contributed by atoms with Crippen LogP contribution in [0.4, 0.5) is 10.5 Å². The number of amides is 2. The molecule has 1 fully saturated rings. The van der Waals surface area contributed by atoms with Crippen molar-refractivity contribution in [3.8, 4) is 0 Å². The maximum Gasteiger partial charge on any atom is 0.321 e. The number of aryl methyl sites for hydroxylation is 1. The first-order chi connectivity index (χ1) is 11.6. The molecule has 1 saturated heterocycles. The molecule has 1 N–H and O–H groups in total. The number of halogens is 1. The van der Waals surface area contributed by atoms with Gasteiger partial charge in [0.15, 0.2) is 0 Å². The third kappa shape index (κ3) is 4.28. The van der Waals surface area contributed by atoms with E-state index in [0.717, 1.165) is 44.0 Å². The first-order valence-corrected chi connectivity index (χ1v) is 8.58.